The van der Waals surface area contributed by atoms with Crippen LogP contribution in [0.4, 0.5) is 0 Å². The second kappa shape index (κ2) is 9.49. The molecule has 0 saturated heterocycles. The van der Waals surface area contributed by atoms with Gasteiger partial charge in [0.15, 0.2) is 0 Å². The summed E-state index contributed by atoms with van der Waals surface area (Å²) in [4.78, 5) is 0. The number of rotatable bonds is 2. The van der Waals surface area contributed by atoms with Gasteiger partial charge in [-0.15, -0.1) is 0 Å². The van der Waals surface area contributed by atoms with E-state index in [0.29, 0.717) is 0 Å². The highest BCUT2D eigenvalue weighted by Crippen LogP contribution is 2.60. The largest absolute Gasteiger partial charge is 0.377 e. The van der Waals surface area contributed by atoms with Crippen LogP contribution in [-0.4, -0.2) is 10.2 Å². The van der Waals surface area contributed by atoms with Crippen LogP contribution in [0.1, 0.15) is 36.1 Å². The molecule has 0 spiro atoms. The first-order valence-corrected chi connectivity index (χ1v) is 16.5. The van der Waals surface area contributed by atoms with Gasteiger partial charge in [-0.25, -0.2) is 0 Å². The standard InChI is InChI=1S/C43H31BrO2/c1-41(2)36-24-34(44)18-15-30(36)22-39-38(41)25-35-37(43(39,46)33-17-14-27-9-4-6-11-29(27)21-33)23-31-12-7-19-42(45,40(31)35)32-16-13-26-8-3-5-10-28(26)20-32/h3-25,45-46H,1-2H3. The molecule has 4 aliphatic rings. The average molecular weight is 660 g/mol. The van der Waals surface area contributed by atoms with Crippen molar-refractivity contribution in [2.24, 2.45) is 0 Å². The van der Waals surface area contributed by atoms with Crippen molar-refractivity contribution in [1.29, 1.82) is 0 Å². The van der Waals surface area contributed by atoms with Crippen LogP contribution in [0.3, 0.4) is 0 Å². The molecule has 0 aliphatic heterocycles. The number of allylic oxidation sites excluding steroid dienone is 4. The normalized spacial score (nSPS) is 24.0. The van der Waals surface area contributed by atoms with E-state index in [4.69, 9.17) is 0 Å². The predicted octanol–water partition coefficient (Wildman–Crippen LogP) is 9.88. The first-order valence-electron chi connectivity index (χ1n) is 15.7. The predicted molar refractivity (Wildman–Crippen MR) is 191 cm³/mol. The van der Waals surface area contributed by atoms with Crippen molar-refractivity contribution >= 4 is 43.6 Å². The average Bonchev–Trinajstić information content (AvgIpc) is 3.46. The van der Waals surface area contributed by atoms with Gasteiger partial charge in [-0.1, -0.05) is 121 Å². The van der Waals surface area contributed by atoms with Crippen LogP contribution in [0.25, 0.3) is 27.6 Å². The van der Waals surface area contributed by atoms with Gasteiger partial charge in [0.2, 0.25) is 0 Å². The number of aliphatic hydroxyl groups is 2. The van der Waals surface area contributed by atoms with Crippen LogP contribution in [0.2, 0.25) is 0 Å². The molecule has 2 atom stereocenters. The molecular weight excluding hydrogens is 628 g/mol. The van der Waals surface area contributed by atoms with E-state index in [9.17, 15) is 10.2 Å². The Hall–Kier alpha value is -4.54. The van der Waals surface area contributed by atoms with Gasteiger partial charge in [0, 0.05) is 21.0 Å². The van der Waals surface area contributed by atoms with E-state index in [0.717, 1.165) is 76.1 Å². The fraction of sp³-hybridized carbons (Fsp3) is 0.116. The summed E-state index contributed by atoms with van der Waals surface area (Å²) in [6.45, 7) is 4.47. The van der Waals surface area contributed by atoms with Gasteiger partial charge in [-0.2, -0.15) is 0 Å². The van der Waals surface area contributed by atoms with Gasteiger partial charge in [-0.3, -0.25) is 0 Å². The maximum absolute atomic E-state index is 13.5. The Bertz CT molecular complexity index is 2380. The van der Waals surface area contributed by atoms with Crippen LogP contribution < -0.4 is 0 Å². The molecule has 0 fully saturated rings. The van der Waals surface area contributed by atoms with E-state index in [1.807, 2.05) is 42.5 Å². The highest BCUT2D eigenvalue weighted by atomic mass is 79.9. The van der Waals surface area contributed by atoms with E-state index in [1.54, 1.807) is 0 Å². The molecule has 4 aliphatic carbocycles. The molecule has 0 heterocycles. The zero-order chi connectivity index (χ0) is 31.4. The third kappa shape index (κ3) is 3.71. The molecular formula is C43H31BrO2. The van der Waals surface area contributed by atoms with Crippen molar-refractivity contribution < 1.29 is 10.2 Å². The Balaban J connectivity index is 1.36. The molecule has 222 valence electrons. The molecule has 9 rings (SSSR count). The lowest BCUT2D eigenvalue weighted by molar-refractivity contribution is 0.116. The minimum atomic E-state index is -1.46. The summed E-state index contributed by atoms with van der Waals surface area (Å²) in [7, 11) is 0. The summed E-state index contributed by atoms with van der Waals surface area (Å²) in [5.41, 5.74) is 5.94. The van der Waals surface area contributed by atoms with Gasteiger partial charge in [-0.05, 0) is 115 Å². The number of hydrogen-bond donors (Lipinski definition) is 2. The van der Waals surface area contributed by atoms with Gasteiger partial charge >= 0.3 is 0 Å². The first-order chi connectivity index (χ1) is 22.2. The fourth-order valence-corrected chi connectivity index (χ4v) is 8.49. The van der Waals surface area contributed by atoms with Crippen LogP contribution in [0, 0.1) is 0 Å². The molecule has 0 bridgehead atoms. The molecule has 0 saturated carbocycles. The minimum absolute atomic E-state index is 0.425. The van der Waals surface area contributed by atoms with Crippen molar-refractivity contribution in [3.63, 3.8) is 0 Å². The molecule has 5 aromatic rings. The Morgan fingerprint density at radius 1 is 0.609 bits per heavy atom. The summed E-state index contributed by atoms with van der Waals surface area (Å²) in [6, 6.07) is 35.4. The summed E-state index contributed by atoms with van der Waals surface area (Å²) in [5.74, 6) is 0. The molecule has 3 heteroatoms. The number of halogens is 1. The van der Waals surface area contributed by atoms with Gasteiger partial charge in [0.05, 0.1) is 0 Å². The van der Waals surface area contributed by atoms with E-state index in [2.05, 4.69) is 127 Å². The molecule has 0 aromatic heterocycles. The SMILES string of the molecule is CC1(C)C2=CC3=C4C(=CC=CC4(O)c4ccc5ccccc5c4)C=C3C(O)(c3ccc4ccccc4c3)C2=Cc2ccc(Br)cc21. The maximum atomic E-state index is 13.5. The van der Waals surface area contributed by atoms with Crippen LogP contribution in [0.5, 0.6) is 0 Å². The Morgan fingerprint density at radius 3 is 1.98 bits per heavy atom. The van der Waals surface area contributed by atoms with Gasteiger partial charge in [0.1, 0.15) is 11.2 Å². The highest BCUT2D eigenvalue weighted by molar-refractivity contribution is 9.10. The quantitative estimate of drug-likeness (QED) is 0.198. The Morgan fingerprint density at radius 2 is 1.26 bits per heavy atom. The Labute approximate surface area is 276 Å². The second-order valence-corrected chi connectivity index (χ2v) is 14.3. The molecule has 2 unspecified atom stereocenters. The van der Waals surface area contributed by atoms with Gasteiger partial charge in [0.25, 0.3) is 0 Å². The number of hydrogen-bond acceptors (Lipinski definition) is 2. The van der Waals surface area contributed by atoms with Crippen molar-refractivity contribution in [1.82, 2.24) is 0 Å². The smallest absolute Gasteiger partial charge is 0.141 e. The molecule has 5 aromatic carbocycles. The second-order valence-electron chi connectivity index (χ2n) is 13.4. The molecule has 2 nitrogen and oxygen atoms in total. The number of fused-ring (bicyclic) bond motifs is 6. The Kier molecular flexibility index (Phi) is 5.73. The number of benzene rings is 5. The van der Waals surface area contributed by atoms with E-state index in [1.165, 1.54) is 5.56 Å². The van der Waals surface area contributed by atoms with E-state index < -0.39 is 16.6 Å². The third-order valence-electron chi connectivity index (χ3n) is 10.5. The monoisotopic (exact) mass is 658 g/mol. The van der Waals surface area contributed by atoms with Crippen LogP contribution >= 0.6 is 15.9 Å². The van der Waals surface area contributed by atoms with Crippen molar-refractivity contribution in [3.05, 3.63) is 194 Å². The molecule has 0 radical (unpaired) electrons. The lowest BCUT2D eigenvalue weighted by Gasteiger charge is -2.46. The lowest BCUT2D eigenvalue weighted by atomic mass is 9.59. The van der Waals surface area contributed by atoms with E-state index >= 15 is 0 Å². The fourth-order valence-electron chi connectivity index (χ4n) is 8.13. The highest BCUT2D eigenvalue weighted by Gasteiger charge is 2.53. The molecule has 2 N–H and O–H groups in total. The van der Waals surface area contributed by atoms with Crippen molar-refractivity contribution in [2.75, 3.05) is 0 Å². The van der Waals surface area contributed by atoms with Crippen LogP contribution in [-0.2, 0) is 16.6 Å². The summed E-state index contributed by atoms with van der Waals surface area (Å²) >= 11 is 3.70. The van der Waals surface area contributed by atoms with Gasteiger partial charge < -0.3 is 10.2 Å². The zero-order valence-electron chi connectivity index (χ0n) is 25.6. The third-order valence-corrected chi connectivity index (χ3v) is 11.0. The topological polar surface area (TPSA) is 40.5 Å². The summed E-state index contributed by atoms with van der Waals surface area (Å²) in [5, 5.41) is 30.6. The van der Waals surface area contributed by atoms with E-state index in [-0.39, 0.29) is 0 Å². The lowest BCUT2D eigenvalue weighted by Crippen LogP contribution is -2.41. The van der Waals surface area contributed by atoms with Crippen molar-refractivity contribution in [3.8, 4) is 0 Å². The molecule has 46 heavy (non-hydrogen) atoms. The summed E-state index contributed by atoms with van der Waals surface area (Å²) in [6.07, 6.45) is 12.4. The van der Waals surface area contributed by atoms with Crippen LogP contribution in [0.15, 0.2) is 171 Å². The molecule has 0 amide bonds. The summed E-state index contributed by atoms with van der Waals surface area (Å²) < 4.78 is 1.02. The maximum Gasteiger partial charge on any atom is 0.141 e. The first kappa shape index (κ1) is 27.7. The van der Waals surface area contributed by atoms with Crippen molar-refractivity contribution in [2.45, 2.75) is 30.5 Å². The minimum Gasteiger partial charge on any atom is -0.377 e. The zero-order valence-corrected chi connectivity index (χ0v) is 27.1.